The maximum atomic E-state index is 12.2. The Morgan fingerprint density at radius 2 is 2.04 bits per heavy atom. The minimum absolute atomic E-state index is 0.0314. The van der Waals surface area contributed by atoms with Crippen LogP contribution in [0.5, 0.6) is 5.75 Å². The maximum absolute atomic E-state index is 12.2. The number of carbonyl (C=O) groups excluding carboxylic acids is 1. The van der Waals surface area contributed by atoms with E-state index in [0.717, 1.165) is 44.0 Å². The van der Waals surface area contributed by atoms with Crippen molar-refractivity contribution in [2.45, 2.75) is 33.2 Å². The molecule has 0 unspecified atom stereocenters. The Kier molecular flexibility index (Phi) is 6.22. The summed E-state index contributed by atoms with van der Waals surface area (Å²) >= 11 is 0. The third-order valence-electron chi connectivity index (χ3n) is 4.35. The van der Waals surface area contributed by atoms with Gasteiger partial charge in [0.2, 0.25) is 5.91 Å². The van der Waals surface area contributed by atoms with Crippen LogP contribution in [-0.4, -0.2) is 37.2 Å². The van der Waals surface area contributed by atoms with E-state index in [9.17, 15) is 4.79 Å². The molecule has 1 aliphatic rings. The van der Waals surface area contributed by atoms with E-state index in [1.165, 1.54) is 6.08 Å². The number of benzene rings is 1. The molecule has 0 aliphatic carbocycles. The highest BCUT2D eigenvalue weighted by Crippen LogP contribution is 2.32. The summed E-state index contributed by atoms with van der Waals surface area (Å²) in [6.45, 7) is 11.3. The second-order valence-corrected chi connectivity index (χ2v) is 6.24. The molecule has 0 saturated carbocycles. The van der Waals surface area contributed by atoms with E-state index in [1.54, 1.807) is 0 Å². The first-order valence-electron chi connectivity index (χ1n) is 8.33. The number of carbonyl (C=O) groups is 1. The first kappa shape index (κ1) is 17.5. The van der Waals surface area contributed by atoms with Crippen molar-refractivity contribution in [1.82, 2.24) is 4.90 Å². The molecule has 2 rings (SSSR count). The molecule has 0 radical (unpaired) electrons. The molecule has 4 heteroatoms. The molecule has 1 fully saturated rings. The van der Waals surface area contributed by atoms with E-state index < -0.39 is 0 Å². The highest BCUT2D eigenvalue weighted by atomic mass is 16.5. The summed E-state index contributed by atoms with van der Waals surface area (Å²) in [5.41, 5.74) is 1.19. The highest BCUT2D eigenvalue weighted by molar-refractivity contribution is 5.87. The van der Waals surface area contributed by atoms with Crippen LogP contribution in [0.25, 0.3) is 0 Å². The van der Waals surface area contributed by atoms with Crippen LogP contribution in [0.1, 0.15) is 32.3 Å². The van der Waals surface area contributed by atoms with Gasteiger partial charge in [-0.05, 0) is 36.6 Å². The Morgan fingerprint density at radius 1 is 1.35 bits per heavy atom. The van der Waals surface area contributed by atoms with E-state index in [-0.39, 0.29) is 11.3 Å². The van der Waals surface area contributed by atoms with Gasteiger partial charge < -0.3 is 14.4 Å². The second-order valence-electron chi connectivity index (χ2n) is 6.24. The first-order chi connectivity index (χ1) is 11.1. The quantitative estimate of drug-likeness (QED) is 0.655. The van der Waals surface area contributed by atoms with Crippen molar-refractivity contribution in [3.63, 3.8) is 0 Å². The predicted octanol–water partition coefficient (Wildman–Crippen LogP) is 3.42. The van der Waals surface area contributed by atoms with Crippen molar-refractivity contribution in [3.8, 4) is 5.75 Å². The number of rotatable bonds is 9. The fourth-order valence-corrected chi connectivity index (χ4v) is 2.68. The van der Waals surface area contributed by atoms with Crippen molar-refractivity contribution in [3.05, 3.63) is 42.5 Å². The molecule has 0 atom stereocenters. The van der Waals surface area contributed by atoms with Gasteiger partial charge in [0.1, 0.15) is 5.75 Å². The summed E-state index contributed by atoms with van der Waals surface area (Å²) in [6.07, 6.45) is 3.39. The highest BCUT2D eigenvalue weighted by Gasteiger charge is 2.39. The Morgan fingerprint density at radius 3 is 2.52 bits per heavy atom. The molecule has 1 aliphatic heterocycles. The van der Waals surface area contributed by atoms with Gasteiger partial charge in [-0.25, -0.2) is 0 Å². The normalized spacial score (nSPS) is 15.6. The number of amides is 1. The Hall–Kier alpha value is -1.81. The van der Waals surface area contributed by atoms with Crippen molar-refractivity contribution in [2.24, 2.45) is 5.41 Å². The van der Waals surface area contributed by atoms with Crippen molar-refractivity contribution < 1.29 is 14.3 Å². The van der Waals surface area contributed by atoms with Gasteiger partial charge in [-0.1, -0.05) is 32.6 Å². The molecule has 1 saturated heterocycles. The summed E-state index contributed by atoms with van der Waals surface area (Å²) in [4.78, 5) is 14.1. The van der Waals surface area contributed by atoms with Gasteiger partial charge in [-0.15, -0.1) is 0 Å². The average Bonchev–Trinajstić information content (AvgIpc) is 2.55. The smallest absolute Gasteiger partial charge is 0.246 e. The number of hydrogen-bond donors (Lipinski definition) is 0. The fourth-order valence-electron chi connectivity index (χ4n) is 2.68. The molecule has 1 aromatic rings. The molecule has 126 valence electrons. The van der Waals surface area contributed by atoms with Crippen LogP contribution in [-0.2, 0) is 16.1 Å². The Bertz CT molecular complexity index is 514. The molecule has 0 aromatic heterocycles. The molecular weight excluding hydrogens is 290 g/mol. The van der Waals surface area contributed by atoms with Crippen molar-refractivity contribution in [2.75, 3.05) is 26.4 Å². The molecular formula is C19H27NO3. The molecule has 1 aromatic carbocycles. The first-order valence-corrected chi connectivity index (χ1v) is 8.33. The maximum Gasteiger partial charge on any atom is 0.246 e. The van der Waals surface area contributed by atoms with Gasteiger partial charge in [0.05, 0.1) is 19.8 Å². The summed E-state index contributed by atoms with van der Waals surface area (Å²) in [5.74, 6) is 0.839. The van der Waals surface area contributed by atoms with Crippen LogP contribution in [0.3, 0.4) is 0 Å². The largest absolute Gasteiger partial charge is 0.494 e. The van der Waals surface area contributed by atoms with Gasteiger partial charge in [0, 0.05) is 18.5 Å². The molecule has 1 heterocycles. The number of nitrogens with zero attached hydrogens (tertiary/aromatic N) is 1. The van der Waals surface area contributed by atoms with Crippen LogP contribution >= 0.6 is 0 Å². The SMILES string of the molecule is C=CC(=O)N(Cc1ccc(OCCC)cc1)CC1(CC)COC1. The van der Waals surface area contributed by atoms with Crippen LogP contribution in [0, 0.1) is 5.41 Å². The summed E-state index contributed by atoms with van der Waals surface area (Å²) in [6, 6.07) is 7.96. The molecule has 0 spiro atoms. The molecule has 4 nitrogen and oxygen atoms in total. The van der Waals surface area contributed by atoms with Gasteiger partial charge in [-0.2, -0.15) is 0 Å². The zero-order valence-corrected chi connectivity index (χ0v) is 14.2. The topological polar surface area (TPSA) is 38.8 Å². The zero-order valence-electron chi connectivity index (χ0n) is 14.2. The lowest BCUT2D eigenvalue weighted by Gasteiger charge is -2.44. The molecule has 23 heavy (non-hydrogen) atoms. The van der Waals surface area contributed by atoms with Gasteiger partial charge in [-0.3, -0.25) is 4.79 Å². The molecule has 1 amide bonds. The van der Waals surface area contributed by atoms with Gasteiger partial charge in [0.15, 0.2) is 0 Å². The van der Waals surface area contributed by atoms with Gasteiger partial charge in [0.25, 0.3) is 0 Å². The third-order valence-corrected chi connectivity index (χ3v) is 4.35. The lowest BCUT2D eigenvalue weighted by molar-refractivity contribution is -0.146. The minimum Gasteiger partial charge on any atom is -0.494 e. The molecule has 0 N–H and O–H groups in total. The van der Waals surface area contributed by atoms with Crippen molar-refractivity contribution >= 4 is 5.91 Å². The zero-order chi connectivity index (χ0) is 16.7. The number of ether oxygens (including phenoxy) is 2. The van der Waals surface area contributed by atoms with E-state index in [2.05, 4.69) is 20.4 Å². The van der Waals surface area contributed by atoms with E-state index >= 15 is 0 Å². The van der Waals surface area contributed by atoms with E-state index in [0.29, 0.717) is 13.1 Å². The standard InChI is InChI=1S/C19H27NO3/c1-4-11-23-17-9-7-16(8-10-17)12-20(18(21)5-2)13-19(6-3)14-22-15-19/h5,7-10H,2,4,6,11-15H2,1,3H3. The summed E-state index contributed by atoms with van der Waals surface area (Å²) in [7, 11) is 0. The van der Waals surface area contributed by atoms with Crippen molar-refractivity contribution in [1.29, 1.82) is 0 Å². The summed E-state index contributed by atoms with van der Waals surface area (Å²) < 4.78 is 11.0. The Labute approximate surface area is 139 Å². The van der Waals surface area contributed by atoms with Crippen LogP contribution in [0.2, 0.25) is 0 Å². The number of hydrogen-bond acceptors (Lipinski definition) is 3. The average molecular weight is 317 g/mol. The third kappa shape index (κ3) is 4.58. The Balaban J connectivity index is 2.02. The lowest BCUT2D eigenvalue weighted by Crippen LogP contribution is -2.51. The minimum atomic E-state index is -0.0314. The predicted molar refractivity (Wildman–Crippen MR) is 91.4 cm³/mol. The van der Waals surface area contributed by atoms with Crippen LogP contribution < -0.4 is 4.74 Å². The monoisotopic (exact) mass is 317 g/mol. The second kappa shape index (κ2) is 8.16. The summed E-state index contributed by atoms with van der Waals surface area (Å²) in [5, 5.41) is 0. The van der Waals surface area contributed by atoms with E-state index in [1.807, 2.05) is 29.2 Å². The van der Waals surface area contributed by atoms with E-state index in [4.69, 9.17) is 9.47 Å². The fraction of sp³-hybridized carbons (Fsp3) is 0.526. The lowest BCUT2D eigenvalue weighted by atomic mass is 9.82. The molecule has 0 bridgehead atoms. The van der Waals surface area contributed by atoms with Crippen LogP contribution in [0.15, 0.2) is 36.9 Å². The van der Waals surface area contributed by atoms with Crippen LogP contribution in [0.4, 0.5) is 0 Å². The van der Waals surface area contributed by atoms with Gasteiger partial charge >= 0.3 is 0 Å².